The lowest BCUT2D eigenvalue weighted by molar-refractivity contribution is 0.668. The topological polar surface area (TPSA) is 23.0 Å². The van der Waals surface area contributed by atoms with E-state index in [1.165, 1.54) is 37.8 Å². The molecule has 13 rings (SSSR count). The van der Waals surface area contributed by atoms with Gasteiger partial charge in [0, 0.05) is 49.5 Å². The van der Waals surface area contributed by atoms with Crippen LogP contribution < -0.4 is 0 Å². The maximum Gasteiger partial charge on any atom is 0.137 e. The molecule has 0 aliphatic heterocycles. The summed E-state index contributed by atoms with van der Waals surface area (Å²) in [5, 5.41) is 11.1. The van der Waals surface area contributed by atoms with Gasteiger partial charge in [0.15, 0.2) is 0 Å². The van der Waals surface area contributed by atoms with E-state index in [0.717, 1.165) is 55.2 Å². The van der Waals surface area contributed by atoms with Crippen molar-refractivity contribution in [2.24, 2.45) is 0 Å². The molecule has 3 heteroatoms. The van der Waals surface area contributed by atoms with Gasteiger partial charge in [0.05, 0.1) is 34.6 Å². The monoisotopic (exact) mass is 755 g/mol. The van der Waals surface area contributed by atoms with Gasteiger partial charge in [0.25, 0.3) is 0 Å². The number of benzene rings is 10. The van der Waals surface area contributed by atoms with Gasteiger partial charge in [-0.15, -0.1) is 0 Å². The maximum atomic E-state index is 8.70. The number of furan rings is 1. The Hall–Kier alpha value is -7.88. The average molecular weight is 756 g/mol. The number of hydrogen-bond donors (Lipinski definition) is 0. The molecule has 0 radical (unpaired) electrons. The zero-order valence-corrected chi connectivity index (χ0v) is 31.5. The van der Waals surface area contributed by atoms with Crippen molar-refractivity contribution in [1.82, 2.24) is 9.13 Å². The van der Waals surface area contributed by atoms with E-state index in [-0.39, 0.29) is 29.7 Å². The molecule has 0 saturated carbocycles. The largest absolute Gasteiger partial charge is 0.456 e. The van der Waals surface area contributed by atoms with Gasteiger partial charge in [0.1, 0.15) is 11.2 Å². The molecule has 0 spiro atoms. The molecule has 274 valence electrons. The highest BCUT2D eigenvalue weighted by atomic mass is 16.3. The zero-order chi connectivity index (χ0) is 43.0. The van der Waals surface area contributed by atoms with Crippen LogP contribution in [-0.2, 0) is 0 Å². The average Bonchev–Trinajstić information content (AvgIpc) is 3.99. The van der Waals surface area contributed by atoms with Crippen LogP contribution in [0.2, 0.25) is 0 Å². The minimum absolute atomic E-state index is 0.157. The van der Waals surface area contributed by atoms with Crippen LogP contribution in [0.5, 0.6) is 0 Å². The smallest absolute Gasteiger partial charge is 0.137 e. The van der Waals surface area contributed by atoms with E-state index in [1.54, 1.807) is 12.1 Å². The fourth-order valence-electron chi connectivity index (χ4n) is 9.61. The standard InChI is InChI=1S/C56H34N2O/c1-2-13-35(14-3-1)41-21-12-24-54-56(41)46-28-27-39(34-55(46)59-54)57-49-22-10-8-19-44(49)47-31-36(25-29-51(47)57)37-26-30-52-48(32-37)45-20-9-11-23-50(45)58(52)53-33-38-15-4-5-16-40(38)42-17-6-7-18-43(42)53/h1-34H/i1D,2D,3D,13D,14D. The van der Waals surface area contributed by atoms with Crippen LogP contribution in [0.4, 0.5) is 0 Å². The number of aromatic nitrogens is 2. The maximum absolute atomic E-state index is 8.70. The van der Waals surface area contributed by atoms with Crippen LogP contribution in [0, 0.1) is 0 Å². The first-order valence-corrected chi connectivity index (χ1v) is 19.8. The van der Waals surface area contributed by atoms with Gasteiger partial charge in [-0.2, -0.15) is 0 Å². The Labute approximate surface area is 346 Å². The highest BCUT2D eigenvalue weighted by molar-refractivity contribution is 6.17. The van der Waals surface area contributed by atoms with Gasteiger partial charge < -0.3 is 13.6 Å². The van der Waals surface area contributed by atoms with Gasteiger partial charge in [0.2, 0.25) is 0 Å². The van der Waals surface area contributed by atoms with Crippen molar-refractivity contribution in [2.75, 3.05) is 0 Å². The van der Waals surface area contributed by atoms with Crippen molar-refractivity contribution in [3.63, 3.8) is 0 Å². The molecule has 0 N–H and O–H groups in total. The van der Waals surface area contributed by atoms with Gasteiger partial charge in [-0.05, 0) is 99.1 Å². The summed E-state index contributed by atoms with van der Waals surface area (Å²) in [6.45, 7) is 0. The Kier molecular flexibility index (Phi) is 5.77. The first-order chi connectivity index (χ1) is 31.3. The molecule has 10 aromatic carbocycles. The Morgan fingerprint density at radius 2 is 0.983 bits per heavy atom. The molecule has 59 heavy (non-hydrogen) atoms. The number of fused-ring (bicyclic) bond motifs is 12. The Morgan fingerprint density at radius 1 is 0.373 bits per heavy atom. The van der Waals surface area contributed by atoms with Crippen molar-refractivity contribution < 1.29 is 11.3 Å². The van der Waals surface area contributed by atoms with Crippen LogP contribution in [0.3, 0.4) is 0 Å². The van der Waals surface area contributed by atoms with E-state index >= 15 is 0 Å². The molecule has 0 saturated heterocycles. The molecule has 3 nitrogen and oxygen atoms in total. The van der Waals surface area contributed by atoms with Crippen LogP contribution in [0.15, 0.2) is 211 Å². The van der Waals surface area contributed by atoms with Crippen LogP contribution in [-0.4, -0.2) is 9.13 Å². The summed E-state index contributed by atoms with van der Waals surface area (Å²) in [7, 11) is 0. The molecule has 0 aliphatic rings. The summed E-state index contributed by atoms with van der Waals surface area (Å²) in [4.78, 5) is 0. The highest BCUT2D eigenvalue weighted by Crippen LogP contribution is 2.42. The highest BCUT2D eigenvalue weighted by Gasteiger charge is 2.19. The third kappa shape index (κ3) is 4.70. The summed E-state index contributed by atoms with van der Waals surface area (Å²) in [6.07, 6.45) is 0. The fourth-order valence-corrected chi connectivity index (χ4v) is 9.61. The molecule has 3 aromatic heterocycles. The number of hydrogen-bond acceptors (Lipinski definition) is 1. The molecule has 0 bridgehead atoms. The van der Waals surface area contributed by atoms with Crippen molar-refractivity contribution in [2.45, 2.75) is 0 Å². The van der Waals surface area contributed by atoms with E-state index in [4.69, 9.17) is 11.3 Å². The number of para-hydroxylation sites is 2. The SMILES string of the molecule is [2H]c1c([2H])c([2H])c(-c2cccc3oc4cc(-n5c6ccccc6c6cc(-c7ccc8c(c7)c7ccccc7n8-c7cc8ccccc8c8ccccc78)ccc65)ccc4c23)c([2H])c1[2H]. The van der Waals surface area contributed by atoms with E-state index < -0.39 is 6.04 Å². The van der Waals surface area contributed by atoms with E-state index in [9.17, 15) is 0 Å². The number of nitrogens with zero attached hydrogens (tertiary/aromatic N) is 2. The van der Waals surface area contributed by atoms with Crippen molar-refractivity contribution in [3.8, 4) is 33.6 Å². The quantitative estimate of drug-likeness (QED) is 0.164. The van der Waals surface area contributed by atoms with Crippen molar-refractivity contribution >= 4 is 87.1 Å². The second kappa shape index (κ2) is 12.3. The molecule has 0 aliphatic carbocycles. The van der Waals surface area contributed by atoms with Gasteiger partial charge in [-0.3, -0.25) is 0 Å². The Bertz CT molecular complexity index is 4130. The lowest BCUT2D eigenvalue weighted by atomic mass is 9.99. The summed E-state index contributed by atoms with van der Waals surface area (Å²) in [5.74, 6) is 0. The summed E-state index contributed by atoms with van der Waals surface area (Å²) >= 11 is 0. The van der Waals surface area contributed by atoms with Crippen molar-refractivity contribution in [3.05, 3.63) is 206 Å². The third-order valence-corrected chi connectivity index (χ3v) is 12.2. The van der Waals surface area contributed by atoms with Crippen LogP contribution >= 0.6 is 0 Å². The number of rotatable bonds is 4. The summed E-state index contributed by atoms with van der Waals surface area (Å²) in [5.41, 5.74) is 10.7. The molecule has 13 aromatic rings. The molecule has 0 unspecified atom stereocenters. The van der Waals surface area contributed by atoms with Crippen LogP contribution in [0.25, 0.3) is 121 Å². The Balaban J connectivity index is 0.962. The minimum Gasteiger partial charge on any atom is -0.456 e. The lowest BCUT2D eigenvalue weighted by Crippen LogP contribution is -1.96. The zero-order valence-electron chi connectivity index (χ0n) is 36.5. The lowest BCUT2D eigenvalue weighted by Gasteiger charge is -2.14. The fraction of sp³-hybridized carbons (Fsp3) is 0. The van der Waals surface area contributed by atoms with Crippen molar-refractivity contribution in [1.29, 1.82) is 0 Å². The normalized spacial score (nSPS) is 13.3. The summed E-state index contributed by atoms with van der Waals surface area (Å²) < 4.78 is 53.4. The Morgan fingerprint density at radius 3 is 1.73 bits per heavy atom. The van der Waals surface area contributed by atoms with Gasteiger partial charge in [-0.1, -0.05) is 139 Å². The predicted octanol–water partition coefficient (Wildman–Crippen LogP) is 15.4. The minimum atomic E-state index is -0.415. The second-order valence-corrected chi connectivity index (χ2v) is 15.3. The summed E-state index contributed by atoms with van der Waals surface area (Å²) in [6, 6.07) is 60.4. The van der Waals surface area contributed by atoms with Gasteiger partial charge >= 0.3 is 0 Å². The third-order valence-electron chi connectivity index (χ3n) is 12.2. The first kappa shape index (κ1) is 27.7. The van der Waals surface area contributed by atoms with Gasteiger partial charge in [-0.25, -0.2) is 0 Å². The van der Waals surface area contributed by atoms with E-state index in [2.05, 4.69) is 155 Å². The first-order valence-electron chi connectivity index (χ1n) is 22.3. The molecular weight excluding hydrogens is 717 g/mol. The second-order valence-electron chi connectivity index (χ2n) is 15.3. The molecular formula is C56H34N2O. The van der Waals surface area contributed by atoms with E-state index in [1.807, 2.05) is 18.2 Å². The molecule has 0 atom stereocenters. The molecule has 0 amide bonds. The molecule has 0 fully saturated rings. The molecule has 3 heterocycles. The van der Waals surface area contributed by atoms with Crippen LogP contribution in [0.1, 0.15) is 6.85 Å². The predicted molar refractivity (Wildman–Crippen MR) is 248 cm³/mol. The van der Waals surface area contributed by atoms with E-state index in [0.29, 0.717) is 22.1 Å².